The molecule has 0 spiro atoms. The molecule has 0 unspecified atom stereocenters. The molecule has 0 amide bonds. The van der Waals surface area contributed by atoms with Gasteiger partial charge < -0.3 is 9.80 Å². The minimum atomic E-state index is -0.0366. The van der Waals surface area contributed by atoms with Gasteiger partial charge in [-0.3, -0.25) is 0 Å². The molecule has 4 heteroatoms. The van der Waals surface area contributed by atoms with Crippen LogP contribution in [0.1, 0.15) is 25.0 Å². The monoisotopic (exact) mass is 966 g/mol. The van der Waals surface area contributed by atoms with E-state index in [4.69, 9.17) is 0 Å². The summed E-state index contributed by atoms with van der Waals surface area (Å²) in [5, 5.41) is 7.31. The van der Waals surface area contributed by atoms with Crippen molar-refractivity contribution >= 4 is 90.0 Å². The Morgan fingerprint density at radius 2 is 0.740 bits per heavy atom. The van der Waals surface area contributed by atoms with E-state index >= 15 is 0 Å². The largest absolute Gasteiger partial charge is 0.308 e. The molecule has 0 bridgehead atoms. The van der Waals surface area contributed by atoms with Gasteiger partial charge in [0, 0.05) is 36.4 Å². The van der Waals surface area contributed by atoms with E-state index in [1.54, 1.807) is 0 Å². The van der Waals surface area contributed by atoms with Crippen molar-refractivity contribution in [2.45, 2.75) is 38.8 Å². The van der Waals surface area contributed by atoms with Gasteiger partial charge in [0.15, 0.2) is 0 Å². The van der Waals surface area contributed by atoms with Crippen molar-refractivity contribution in [3.8, 4) is 44.5 Å². The summed E-state index contributed by atoms with van der Waals surface area (Å²) in [4.78, 5) is 9.92. The first kappa shape index (κ1) is 42.4. The molecule has 344 valence electrons. The van der Waals surface area contributed by atoms with E-state index in [0.717, 1.165) is 11.4 Å². The van der Waals surface area contributed by atoms with Gasteiger partial charge in [0.1, 0.15) is 0 Å². The number of para-hydroxylation sites is 4. The molecule has 0 aromatic heterocycles. The highest BCUT2D eigenvalue weighted by atomic mass is 32.2. The summed E-state index contributed by atoms with van der Waals surface area (Å²) in [6.07, 6.45) is 0. The molecule has 0 atom stereocenters. The summed E-state index contributed by atoms with van der Waals surface area (Å²) in [5.41, 5.74) is 19.7. The minimum Gasteiger partial charge on any atom is -0.308 e. The molecule has 15 rings (SSSR count). The van der Waals surface area contributed by atoms with Crippen LogP contribution in [0, 0.1) is 0 Å². The highest BCUT2D eigenvalue weighted by Crippen LogP contribution is 2.56. The van der Waals surface area contributed by atoms with E-state index in [-0.39, 0.29) is 5.41 Å². The van der Waals surface area contributed by atoms with Crippen LogP contribution < -0.4 is 9.80 Å². The highest BCUT2D eigenvalue weighted by Gasteiger charge is 2.35. The van der Waals surface area contributed by atoms with Gasteiger partial charge in [-0.2, -0.15) is 0 Å². The predicted octanol–water partition coefficient (Wildman–Crippen LogP) is 20.3. The van der Waals surface area contributed by atoms with Crippen molar-refractivity contribution < 1.29 is 0 Å². The average Bonchev–Trinajstić information content (AvgIpc) is 3.69. The summed E-state index contributed by atoms with van der Waals surface area (Å²) in [7, 11) is 0. The Hall–Kier alpha value is -8.28. The Balaban J connectivity index is 0.997. The SMILES string of the molecule is CC1(C)c2ccccc2-c2cc(-c3ccc(-c4c5ccc(N6c7ccccc7Sc7ccccc76)cc5c(-c5ccc6ccccc6c5)c5ccc(N6c7ccccc7Sc7ccccc76)cc45)cc3)ccc21. The maximum atomic E-state index is 2.47. The molecule has 1 aliphatic carbocycles. The second kappa shape index (κ2) is 16.4. The molecule has 0 radical (unpaired) electrons. The lowest BCUT2D eigenvalue weighted by atomic mass is 9.82. The molecule has 73 heavy (non-hydrogen) atoms. The van der Waals surface area contributed by atoms with Gasteiger partial charge in [0.25, 0.3) is 0 Å². The lowest BCUT2D eigenvalue weighted by Crippen LogP contribution is -2.15. The molecule has 2 nitrogen and oxygen atoms in total. The lowest BCUT2D eigenvalue weighted by molar-refractivity contribution is 0.660. The number of anilines is 6. The van der Waals surface area contributed by atoms with Gasteiger partial charge in [0.05, 0.1) is 22.7 Å². The number of fused-ring (bicyclic) bond motifs is 10. The first-order valence-corrected chi connectivity index (χ1v) is 26.8. The molecule has 0 saturated heterocycles. The quantitative estimate of drug-likeness (QED) is 0.159. The van der Waals surface area contributed by atoms with Crippen molar-refractivity contribution in [2.24, 2.45) is 0 Å². The average molecular weight is 967 g/mol. The molecule has 0 saturated carbocycles. The third-order valence-corrected chi connectivity index (χ3v) is 17.9. The van der Waals surface area contributed by atoms with Gasteiger partial charge in [-0.15, -0.1) is 0 Å². The fraction of sp³-hybridized carbons (Fsp3) is 0.0435. The lowest BCUT2D eigenvalue weighted by Gasteiger charge is -2.34. The van der Waals surface area contributed by atoms with E-state index in [0.29, 0.717) is 0 Å². The summed E-state index contributed by atoms with van der Waals surface area (Å²) in [5.74, 6) is 0. The third kappa shape index (κ3) is 6.60. The Bertz CT molecular complexity index is 4170. The van der Waals surface area contributed by atoms with Gasteiger partial charge in [-0.25, -0.2) is 0 Å². The first-order valence-electron chi connectivity index (χ1n) is 25.1. The topological polar surface area (TPSA) is 6.48 Å². The van der Waals surface area contributed by atoms with Gasteiger partial charge in [0.2, 0.25) is 0 Å². The van der Waals surface area contributed by atoms with Crippen molar-refractivity contribution in [1.29, 1.82) is 0 Å². The van der Waals surface area contributed by atoms with Crippen LogP contribution in [0.15, 0.2) is 262 Å². The zero-order valence-corrected chi connectivity index (χ0v) is 41.9. The number of nitrogens with zero attached hydrogens (tertiary/aromatic N) is 2. The summed E-state index contributed by atoms with van der Waals surface area (Å²) in [6, 6.07) is 90.9. The van der Waals surface area contributed by atoms with Crippen LogP contribution in [0.3, 0.4) is 0 Å². The van der Waals surface area contributed by atoms with Crippen LogP contribution in [0.2, 0.25) is 0 Å². The van der Waals surface area contributed by atoms with E-state index in [1.807, 2.05) is 23.5 Å². The maximum Gasteiger partial charge on any atom is 0.0601 e. The van der Waals surface area contributed by atoms with Crippen LogP contribution >= 0.6 is 23.5 Å². The molecule has 0 fully saturated rings. The maximum absolute atomic E-state index is 2.47. The molecule has 0 N–H and O–H groups in total. The Morgan fingerprint density at radius 1 is 0.301 bits per heavy atom. The fourth-order valence-corrected chi connectivity index (χ4v) is 14.3. The molecule has 2 heterocycles. The zero-order valence-electron chi connectivity index (χ0n) is 40.3. The molecule has 12 aromatic carbocycles. The van der Waals surface area contributed by atoms with E-state index < -0.39 is 0 Å². The smallest absolute Gasteiger partial charge is 0.0601 e. The van der Waals surface area contributed by atoms with E-state index in [1.165, 1.54) is 130 Å². The van der Waals surface area contributed by atoms with Crippen molar-refractivity contribution in [2.75, 3.05) is 9.80 Å². The minimum absolute atomic E-state index is 0.0366. The van der Waals surface area contributed by atoms with Crippen LogP contribution in [0.25, 0.3) is 76.8 Å². The van der Waals surface area contributed by atoms with Gasteiger partial charge in [-0.05, 0) is 173 Å². The molecule has 2 aliphatic heterocycles. The van der Waals surface area contributed by atoms with Crippen LogP contribution in [0.4, 0.5) is 34.1 Å². The molecule has 12 aromatic rings. The fourth-order valence-electron chi connectivity index (χ4n) is 12.1. The van der Waals surface area contributed by atoms with Gasteiger partial charge in [-0.1, -0.05) is 195 Å². The number of rotatable bonds is 5. The highest BCUT2D eigenvalue weighted by molar-refractivity contribution is 8.00. The number of hydrogen-bond donors (Lipinski definition) is 0. The van der Waals surface area contributed by atoms with Crippen molar-refractivity contribution in [3.05, 3.63) is 254 Å². The predicted molar refractivity (Wildman–Crippen MR) is 310 cm³/mol. The van der Waals surface area contributed by atoms with Crippen LogP contribution in [-0.2, 0) is 5.41 Å². The van der Waals surface area contributed by atoms with Crippen molar-refractivity contribution in [3.63, 3.8) is 0 Å². The third-order valence-electron chi connectivity index (χ3n) is 15.6. The Labute approximate surface area is 434 Å². The standard InChI is InChI=1S/C69H46N2S2/c1-69(2)57-18-6-5-17-51(57)54-40-47(33-38-58(54)69)44-27-30-45(31-28-44)67-52-36-34-50(71-61-21-9-13-25-65(61)73-66-26-14-10-22-62(66)71)42-56(52)68(48-32-29-43-15-3-4-16-46(43)39-48)53-37-35-49(41-55(53)67)70-59-19-7-11-23-63(59)72-64-24-12-8-20-60(64)70/h3-42H,1-2H3. The number of hydrogen-bond acceptors (Lipinski definition) is 4. The summed E-state index contributed by atoms with van der Waals surface area (Å²) < 4.78 is 0. The second-order valence-corrected chi connectivity index (χ2v) is 22.2. The van der Waals surface area contributed by atoms with Crippen LogP contribution in [0.5, 0.6) is 0 Å². The molecular weight excluding hydrogens is 921 g/mol. The van der Waals surface area contributed by atoms with E-state index in [2.05, 4.69) is 266 Å². The normalized spacial score (nSPS) is 13.8. The van der Waals surface area contributed by atoms with Gasteiger partial charge >= 0.3 is 0 Å². The first-order chi connectivity index (χ1) is 35.9. The van der Waals surface area contributed by atoms with E-state index in [9.17, 15) is 0 Å². The number of benzene rings is 12. The van der Waals surface area contributed by atoms with Crippen molar-refractivity contribution in [1.82, 2.24) is 0 Å². The Kier molecular flexibility index (Phi) is 9.51. The molecular formula is C69H46N2S2. The van der Waals surface area contributed by atoms with Crippen LogP contribution in [-0.4, -0.2) is 0 Å². The second-order valence-electron chi connectivity index (χ2n) is 20.0. The molecule has 3 aliphatic rings. The Morgan fingerprint density at radius 3 is 1.32 bits per heavy atom. The zero-order chi connectivity index (χ0) is 48.4. The summed E-state index contributed by atoms with van der Waals surface area (Å²) >= 11 is 3.69. The summed E-state index contributed by atoms with van der Waals surface area (Å²) in [6.45, 7) is 4.71.